The second-order valence-corrected chi connectivity index (χ2v) is 6.79. The number of fused-ring (bicyclic) bond motifs is 1. The van der Waals surface area contributed by atoms with Crippen molar-refractivity contribution in [2.24, 2.45) is 0 Å². The predicted octanol–water partition coefficient (Wildman–Crippen LogP) is 2.63. The number of nitrogens with two attached hydrogens (primary N) is 1. The molecule has 25 heavy (non-hydrogen) atoms. The average Bonchev–Trinajstić information content (AvgIpc) is 2.54. The molecule has 0 saturated heterocycles. The van der Waals surface area contributed by atoms with Crippen molar-refractivity contribution >= 4 is 38.2 Å². The lowest BCUT2D eigenvalue weighted by molar-refractivity contribution is 0.102. The third-order valence-electron chi connectivity index (χ3n) is 3.66. The number of hydrogen-bond acceptors (Lipinski definition) is 5. The van der Waals surface area contributed by atoms with Crippen LogP contribution in [0.1, 0.15) is 10.4 Å². The fourth-order valence-electron chi connectivity index (χ4n) is 2.42. The summed E-state index contributed by atoms with van der Waals surface area (Å²) in [4.78, 5) is 11.6. The molecule has 0 aliphatic carbocycles. The van der Waals surface area contributed by atoms with Gasteiger partial charge in [-0.1, -0.05) is 6.07 Å². The van der Waals surface area contributed by atoms with Crippen LogP contribution in [-0.2, 0) is 10.1 Å². The standard InChI is InChI=1S/C17H14N2O5S/c18-12-4-1-10(2-5-12)17(21)19-13-6-7-14-11(9-13)3-8-15(16(14)20)25(22,23)24/h1-9,20H,18H2,(H,19,21)(H,22,23,24). The van der Waals surface area contributed by atoms with Crippen LogP contribution < -0.4 is 11.1 Å². The molecule has 0 spiro atoms. The smallest absolute Gasteiger partial charge is 0.298 e. The summed E-state index contributed by atoms with van der Waals surface area (Å²) in [5.41, 5.74) is 7.03. The molecule has 0 unspecified atom stereocenters. The van der Waals surface area contributed by atoms with Gasteiger partial charge in [-0.25, -0.2) is 0 Å². The number of hydrogen-bond donors (Lipinski definition) is 4. The molecule has 0 bridgehead atoms. The Bertz CT molecular complexity index is 1080. The highest BCUT2D eigenvalue weighted by atomic mass is 32.2. The molecule has 0 fully saturated rings. The maximum atomic E-state index is 12.2. The quantitative estimate of drug-likeness (QED) is 0.421. The first-order chi connectivity index (χ1) is 11.8. The van der Waals surface area contributed by atoms with E-state index < -0.39 is 20.8 Å². The Morgan fingerprint density at radius 3 is 2.32 bits per heavy atom. The second kappa shape index (κ2) is 6.08. The fraction of sp³-hybridized carbons (Fsp3) is 0. The number of phenols is 1. The minimum absolute atomic E-state index is 0.237. The van der Waals surface area contributed by atoms with E-state index in [1.165, 1.54) is 18.2 Å². The molecule has 0 aromatic heterocycles. The normalized spacial score (nSPS) is 11.4. The summed E-state index contributed by atoms with van der Waals surface area (Å²) >= 11 is 0. The lowest BCUT2D eigenvalue weighted by Crippen LogP contribution is -2.11. The number of anilines is 2. The molecule has 5 N–H and O–H groups in total. The fourth-order valence-corrected chi connectivity index (χ4v) is 3.01. The largest absolute Gasteiger partial charge is 0.506 e. The highest BCUT2D eigenvalue weighted by Crippen LogP contribution is 2.33. The maximum absolute atomic E-state index is 12.2. The molecule has 0 saturated carbocycles. The molecular weight excluding hydrogens is 344 g/mol. The van der Waals surface area contributed by atoms with Crippen LogP contribution in [0.25, 0.3) is 10.8 Å². The van der Waals surface area contributed by atoms with Gasteiger partial charge in [-0.15, -0.1) is 0 Å². The topological polar surface area (TPSA) is 130 Å². The summed E-state index contributed by atoms with van der Waals surface area (Å²) in [6, 6.07) is 13.5. The zero-order chi connectivity index (χ0) is 18.2. The Morgan fingerprint density at radius 2 is 1.68 bits per heavy atom. The van der Waals surface area contributed by atoms with E-state index in [-0.39, 0.29) is 11.3 Å². The van der Waals surface area contributed by atoms with Gasteiger partial charge in [0.25, 0.3) is 16.0 Å². The van der Waals surface area contributed by atoms with Crippen LogP contribution in [0.2, 0.25) is 0 Å². The van der Waals surface area contributed by atoms with Gasteiger partial charge in [-0.2, -0.15) is 8.42 Å². The summed E-state index contributed by atoms with van der Waals surface area (Å²) in [5.74, 6) is -0.880. The van der Waals surface area contributed by atoms with Crippen LogP contribution in [0.3, 0.4) is 0 Å². The molecular formula is C17H14N2O5S. The summed E-state index contributed by atoms with van der Waals surface area (Å²) in [7, 11) is -4.52. The molecule has 7 nitrogen and oxygen atoms in total. The van der Waals surface area contributed by atoms with Crippen molar-refractivity contribution in [3.05, 3.63) is 60.2 Å². The number of carbonyl (C=O) groups is 1. The van der Waals surface area contributed by atoms with Crippen LogP contribution in [0.4, 0.5) is 11.4 Å². The van der Waals surface area contributed by atoms with Crippen molar-refractivity contribution in [1.82, 2.24) is 0 Å². The maximum Gasteiger partial charge on any atom is 0.298 e. The van der Waals surface area contributed by atoms with Gasteiger partial charge in [-0.3, -0.25) is 9.35 Å². The number of nitrogen functional groups attached to an aromatic ring is 1. The van der Waals surface area contributed by atoms with Gasteiger partial charge in [0.15, 0.2) is 0 Å². The lowest BCUT2D eigenvalue weighted by Gasteiger charge is -2.09. The highest BCUT2D eigenvalue weighted by Gasteiger charge is 2.17. The van der Waals surface area contributed by atoms with E-state index >= 15 is 0 Å². The van der Waals surface area contributed by atoms with Gasteiger partial charge < -0.3 is 16.2 Å². The minimum atomic E-state index is -4.52. The third-order valence-corrected chi connectivity index (χ3v) is 4.55. The molecule has 0 aliphatic heterocycles. The van der Waals surface area contributed by atoms with Crippen molar-refractivity contribution in [2.75, 3.05) is 11.1 Å². The van der Waals surface area contributed by atoms with E-state index in [2.05, 4.69) is 5.32 Å². The molecule has 0 radical (unpaired) electrons. The zero-order valence-corrected chi connectivity index (χ0v) is 13.6. The Labute approximate surface area is 143 Å². The average molecular weight is 358 g/mol. The lowest BCUT2D eigenvalue weighted by atomic mass is 10.1. The number of aromatic hydroxyl groups is 1. The monoisotopic (exact) mass is 358 g/mol. The first kappa shape index (κ1) is 16.7. The molecule has 128 valence electrons. The summed E-state index contributed by atoms with van der Waals surface area (Å²) in [5, 5.41) is 13.5. The molecule has 3 rings (SSSR count). The summed E-state index contributed by atoms with van der Waals surface area (Å²) in [6.07, 6.45) is 0. The van der Waals surface area contributed by atoms with Crippen LogP contribution in [0, 0.1) is 0 Å². The number of carbonyl (C=O) groups excluding carboxylic acids is 1. The van der Waals surface area contributed by atoms with Crippen LogP contribution in [0.15, 0.2) is 59.5 Å². The number of amides is 1. The Balaban J connectivity index is 1.94. The van der Waals surface area contributed by atoms with Gasteiger partial charge >= 0.3 is 0 Å². The number of phenolic OH excluding ortho intramolecular Hbond substituents is 1. The predicted molar refractivity (Wildman–Crippen MR) is 94.2 cm³/mol. The molecule has 0 aliphatic rings. The summed E-state index contributed by atoms with van der Waals surface area (Å²) in [6.45, 7) is 0. The van der Waals surface area contributed by atoms with E-state index in [0.29, 0.717) is 22.3 Å². The van der Waals surface area contributed by atoms with Gasteiger partial charge in [0, 0.05) is 22.3 Å². The molecule has 8 heteroatoms. The molecule has 3 aromatic carbocycles. The van der Waals surface area contributed by atoms with Crippen LogP contribution in [-0.4, -0.2) is 24.0 Å². The Kier molecular flexibility index (Phi) is 4.07. The molecule has 0 atom stereocenters. The van der Waals surface area contributed by atoms with E-state index in [0.717, 1.165) is 6.07 Å². The molecule has 1 amide bonds. The second-order valence-electron chi connectivity index (χ2n) is 5.40. The zero-order valence-electron chi connectivity index (χ0n) is 12.8. The molecule has 0 heterocycles. The third kappa shape index (κ3) is 3.39. The number of rotatable bonds is 3. The van der Waals surface area contributed by atoms with Gasteiger partial charge in [0.05, 0.1) is 0 Å². The van der Waals surface area contributed by atoms with Crippen LogP contribution in [0.5, 0.6) is 5.75 Å². The first-order valence-electron chi connectivity index (χ1n) is 7.16. The van der Waals surface area contributed by atoms with E-state index in [9.17, 15) is 18.3 Å². The SMILES string of the molecule is Nc1ccc(C(=O)Nc2ccc3c(O)c(S(=O)(=O)O)ccc3c2)cc1. The Hall–Kier alpha value is -3.10. The van der Waals surface area contributed by atoms with Gasteiger partial charge in [0.1, 0.15) is 10.6 Å². The van der Waals surface area contributed by atoms with Crippen molar-refractivity contribution in [2.45, 2.75) is 4.90 Å². The van der Waals surface area contributed by atoms with Crippen molar-refractivity contribution < 1.29 is 22.9 Å². The Morgan fingerprint density at radius 1 is 1.00 bits per heavy atom. The number of benzene rings is 3. The summed E-state index contributed by atoms with van der Waals surface area (Å²) < 4.78 is 31.5. The minimum Gasteiger partial charge on any atom is -0.506 e. The first-order valence-corrected chi connectivity index (χ1v) is 8.60. The van der Waals surface area contributed by atoms with Gasteiger partial charge in [0.2, 0.25) is 0 Å². The molecule has 3 aromatic rings. The highest BCUT2D eigenvalue weighted by molar-refractivity contribution is 7.86. The number of nitrogens with one attached hydrogen (secondary N) is 1. The van der Waals surface area contributed by atoms with Crippen molar-refractivity contribution in [3.63, 3.8) is 0 Å². The van der Waals surface area contributed by atoms with E-state index in [4.69, 9.17) is 10.3 Å². The van der Waals surface area contributed by atoms with Gasteiger partial charge in [-0.05, 0) is 53.9 Å². The van der Waals surface area contributed by atoms with Crippen molar-refractivity contribution in [3.8, 4) is 5.75 Å². The van der Waals surface area contributed by atoms with Crippen LogP contribution >= 0.6 is 0 Å². The van der Waals surface area contributed by atoms with Crippen molar-refractivity contribution in [1.29, 1.82) is 0 Å². The van der Waals surface area contributed by atoms with E-state index in [1.54, 1.807) is 30.3 Å². The van der Waals surface area contributed by atoms with E-state index in [1.807, 2.05) is 0 Å².